The second-order valence-electron chi connectivity index (χ2n) is 5.39. The van der Waals surface area contributed by atoms with E-state index in [9.17, 15) is 8.42 Å². The van der Waals surface area contributed by atoms with Crippen molar-refractivity contribution in [1.82, 2.24) is 4.72 Å². The zero-order valence-corrected chi connectivity index (χ0v) is 11.9. The van der Waals surface area contributed by atoms with Crippen LogP contribution in [0.3, 0.4) is 0 Å². The third-order valence-electron chi connectivity index (χ3n) is 3.77. The van der Waals surface area contributed by atoms with E-state index in [1.807, 2.05) is 0 Å². The summed E-state index contributed by atoms with van der Waals surface area (Å²) in [5.41, 5.74) is 0.177. The van der Waals surface area contributed by atoms with Crippen LogP contribution >= 0.6 is 15.9 Å². The van der Waals surface area contributed by atoms with Gasteiger partial charge < -0.3 is 0 Å². The van der Waals surface area contributed by atoms with Crippen LogP contribution in [0.25, 0.3) is 0 Å². The van der Waals surface area contributed by atoms with E-state index in [4.69, 9.17) is 0 Å². The van der Waals surface area contributed by atoms with E-state index >= 15 is 0 Å². The molecule has 1 N–H and O–H groups in total. The Bertz CT molecular complexity index is 332. The van der Waals surface area contributed by atoms with E-state index in [-0.39, 0.29) is 5.41 Å². The van der Waals surface area contributed by atoms with Gasteiger partial charge in [0.05, 0.1) is 5.75 Å². The van der Waals surface area contributed by atoms with Gasteiger partial charge in [-0.2, -0.15) is 0 Å². The maximum absolute atomic E-state index is 11.8. The van der Waals surface area contributed by atoms with Crippen molar-refractivity contribution in [3.05, 3.63) is 0 Å². The Morgan fingerprint density at radius 3 is 2.38 bits per heavy atom. The van der Waals surface area contributed by atoms with Crippen molar-refractivity contribution >= 4 is 26.0 Å². The van der Waals surface area contributed by atoms with Crippen molar-refractivity contribution in [2.75, 3.05) is 17.6 Å². The summed E-state index contributed by atoms with van der Waals surface area (Å²) in [5.74, 6) is 0.770. The van der Waals surface area contributed by atoms with Crippen LogP contribution in [0.15, 0.2) is 0 Å². The van der Waals surface area contributed by atoms with Crippen LogP contribution in [-0.2, 0) is 10.0 Å². The van der Waals surface area contributed by atoms with Gasteiger partial charge >= 0.3 is 0 Å². The van der Waals surface area contributed by atoms with Gasteiger partial charge in [-0.15, -0.1) is 0 Å². The molecular weight excluding hydrogens is 290 g/mol. The van der Waals surface area contributed by atoms with Crippen molar-refractivity contribution in [2.45, 2.75) is 38.5 Å². The molecule has 0 spiro atoms. The summed E-state index contributed by atoms with van der Waals surface area (Å²) in [4.78, 5) is 0. The first-order valence-electron chi connectivity index (χ1n) is 6.09. The lowest BCUT2D eigenvalue weighted by Crippen LogP contribution is -2.38. The Balaban J connectivity index is 1.84. The molecule has 0 amide bonds. The maximum Gasteiger partial charge on any atom is 0.211 e. The van der Waals surface area contributed by atoms with Gasteiger partial charge in [0.25, 0.3) is 0 Å². The summed E-state index contributed by atoms with van der Waals surface area (Å²) < 4.78 is 26.3. The molecule has 0 bridgehead atoms. The Morgan fingerprint density at radius 2 is 1.88 bits per heavy atom. The molecule has 16 heavy (non-hydrogen) atoms. The van der Waals surface area contributed by atoms with Gasteiger partial charge in [-0.05, 0) is 37.0 Å². The number of sulfonamides is 1. The lowest BCUT2D eigenvalue weighted by molar-refractivity contribution is 0.347. The molecule has 2 fully saturated rings. The Hall–Kier alpha value is 0.390. The average molecular weight is 310 g/mol. The van der Waals surface area contributed by atoms with Gasteiger partial charge in [0, 0.05) is 11.9 Å². The summed E-state index contributed by atoms with van der Waals surface area (Å²) in [6.07, 6.45) is 6.93. The second kappa shape index (κ2) is 4.94. The molecule has 0 unspecified atom stereocenters. The van der Waals surface area contributed by atoms with Crippen LogP contribution in [0.5, 0.6) is 0 Å². The predicted octanol–water partition coefficient (Wildman–Crippen LogP) is 2.27. The molecule has 94 valence electrons. The van der Waals surface area contributed by atoms with Crippen LogP contribution in [0.2, 0.25) is 0 Å². The first-order chi connectivity index (χ1) is 7.55. The maximum atomic E-state index is 11.8. The van der Waals surface area contributed by atoms with Crippen LogP contribution in [0.1, 0.15) is 38.5 Å². The van der Waals surface area contributed by atoms with Gasteiger partial charge in [-0.1, -0.05) is 28.8 Å². The van der Waals surface area contributed by atoms with E-state index in [2.05, 4.69) is 20.7 Å². The summed E-state index contributed by atoms with van der Waals surface area (Å²) in [6, 6.07) is 0. The summed E-state index contributed by atoms with van der Waals surface area (Å²) in [7, 11) is -3.02. The van der Waals surface area contributed by atoms with Crippen LogP contribution < -0.4 is 4.72 Å². The van der Waals surface area contributed by atoms with Crippen LogP contribution in [0.4, 0.5) is 0 Å². The summed E-state index contributed by atoms with van der Waals surface area (Å²) >= 11 is 3.53. The molecule has 0 heterocycles. The number of alkyl halides is 1. The fourth-order valence-corrected chi connectivity index (χ4v) is 4.76. The quantitative estimate of drug-likeness (QED) is 0.765. The van der Waals surface area contributed by atoms with Crippen molar-refractivity contribution in [3.63, 3.8) is 0 Å². The molecular formula is C11H20BrNO2S. The zero-order chi connectivity index (χ0) is 11.6. The number of halogens is 1. The minimum Gasteiger partial charge on any atom is -0.215 e. The molecule has 2 saturated carbocycles. The fourth-order valence-electron chi connectivity index (χ4n) is 2.40. The van der Waals surface area contributed by atoms with Crippen molar-refractivity contribution < 1.29 is 8.42 Å². The van der Waals surface area contributed by atoms with Crippen molar-refractivity contribution in [3.8, 4) is 0 Å². The number of hydrogen-bond acceptors (Lipinski definition) is 2. The summed E-state index contributed by atoms with van der Waals surface area (Å²) in [6.45, 7) is 0.618. The highest BCUT2D eigenvalue weighted by Gasteiger charge is 2.35. The van der Waals surface area contributed by atoms with Gasteiger partial charge in [0.15, 0.2) is 0 Å². The molecule has 3 nitrogen and oxygen atoms in total. The Labute approximate surface area is 107 Å². The van der Waals surface area contributed by atoms with Gasteiger partial charge in [0.2, 0.25) is 10.0 Å². The van der Waals surface area contributed by atoms with Crippen LogP contribution in [-0.4, -0.2) is 26.0 Å². The van der Waals surface area contributed by atoms with Gasteiger partial charge in [0.1, 0.15) is 0 Å². The van der Waals surface area contributed by atoms with E-state index in [1.54, 1.807) is 0 Å². The van der Waals surface area contributed by atoms with Gasteiger partial charge in [-0.3, -0.25) is 0 Å². The number of rotatable bonds is 6. The topological polar surface area (TPSA) is 46.2 Å². The highest BCUT2D eigenvalue weighted by atomic mass is 79.9. The molecule has 2 aliphatic carbocycles. The highest BCUT2D eigenvalue weighted by molar-refractivity contribution is 9.09. The lowest BCUT2D eigenvalue weighted by Gasteiger charge is -2.26. The molecule has 0 radical (unpaired) electrons. The van der Waals surface area contributed by atoms with Crippen LogP contribution in [0, 0.1) is 11.3 Å². The molecule has 0 aliphatic heterocycles. The first-order valence-corrected chi connectivity index (χ1v) is 8.86. The third kappa shape index (κ3) is 3.44. The molecule has 5 heteroatoms. The molecule has 0 atom stereocenters. The number of nitrogens with one attached hydrogen (secondary N) is 1. The number of hydrogen-bond donors (Lipinski definition) is 1. The normalized spacial score (nSPS) is 24.8. The predicted molar refractivity (Wildman–Crippen MR) is 69.2 cm³/mol. The molecule has 0 aromatic rings. The van der Waals surface area contributed by atoms with E-state index in [0.717, 1.165) is 31.0 Å². The largest absolute Gasteiger partial charge is 0.215 e. The minimum absolute atomic E-state index is 0.177. The smallest absolute Gasteiger partial charge is 0.211 e. The average Bonchev–Trinajstić information content (AvgIpc) is 2.92. The van der Waals surface area contributed by atoms with Crippen molar-refractivity contribution in [2.24, 2.45) is 11.3 Å². The lowest BCUT2D eigenvalue weighted by atomic mass is 9.89. The Morgan fingerprint density at radius 1 is 1.25 bits per heavy atom. The second-order valence-corrected chi connectivity index (χ2v) is 7.80. The highest BCUT2D eigenvalue weighted by Crippen LogP contribution is 2.39. The third-order valence-corrected chi connectivity index (χ3v) is 6.45. The fraction of sp³-hybridized carbons (Fsp3) is 1.00. The van der Waals surface area contributed by atoms with E-state index in [1.165, 1.54) is 12.8 Å². The monoisotopic (exact) mass is 309 g/mol. The van der Waals surface area contributed by atoms with Crippen molar-refractivity contribution in [1.29, 1.82) is 0 Å². The molecule has 2 aliphatic rings. The minimum atomic E-state index is -3.02. The molecule has 0 saturated heterocycles. The molecule has 2 rings (SSSR count). The zero-order valence-electron chi connectivity index (χ0n) is 9.54. The first kappa shape index (κ1) is 12.8. The van der Waals surface area contributed by atoms with E-state index < -0.39 is 10.0 Å². The molecule has 0 aromatic heterocycles. The Kier molecular flexibility index (Phi) is 3.97. The SMILES string of the molecule is O=S(=O)(CC1CC1)NCC1(CBr)CCCC1. The van der Waals surface area contributed by atoms with Gasteiger partial charge in [-0.25, -0.2) is 13.1 Å². The molecule has 0 aromatic carbocycles. The standard InChI is InChI=1S/C11H20BrNO2S/c12-8-11(5-1-2-6-11)9-13-16(14,15)7-10-3-4-10/h10,13H,1-9H2. The van der Waals surface area contributed by atoms with E-state index in [0.29, 0.717) is 18.2 Å². The summed E-state index contributed by atoms with van der Waals surface area (Å²) in [5, 5.41) is 0.909.